The lowest BCUT2D eigenvalue weighted by atomic mass is 10.1. The normalized spacial score (nSPS) is 10.8. The predicted molar refractivity (Wildman–Crippen MR) is 72.8 cm³/mol. The molecule has 0 spiro atoms. The number of aromatic nitrogens is 4. The number of aryl methyl sites for hydroxylation is 1. The van der Waals surface area contributed by atoms with E-state index in [0.717, 1.165) is 0 Å². The molecule has 0 bridgehead atoms. The number of nitrogens with one attached hydrogen (secondary N) is 1. The number of Topliss-reactive ketones (excluding diaryl/α,β-unsaturated/α-hetero) is 1. The molecule has 0 radical (unpaired) electrons. The highest BCUT2D eigenvalue weighted by Crippen LogP contribution is 2.06. The van der Waals surface area contributed by atoms with Gasteiger partial charge in [-0.1, -0.05) is 30.3 Å². The number of carbonyl (C=O) groups is 1. The lowest BCUT2D eigenvalue weighted by Crippen LogP contribution is -2.09. The molecule has 6 nitrogen and oxygen atoms in total. The summed E-state index contributed by atoms with van der Waals surface area (Å²) in [4.78, 5) is 30.2. The van der Waals surface area contributed by atoms with Crippen molar-refractivity contribution in [2.24, 2.45) is 0 Å². The molecule has 0 unspecified atom stereocenters. The van der Waals surface area contributed by atoms with Crippen molar-refractivity contribution in [3.8, 4) is 0 Å². The van der Waals surface area contributed by atoms with E-state index in [2.05, 4.69) is 15.1 Å². The third-order valence-corrected chi connectivity index (χ3v) is 2.97. The monoisotopic (exact) mass is 268 g/mol. The van der Waals surface area contributed by atoms with Gasteiger partial charge in [-0.2, -0.15) is 4.98 Å². The third-order valence-electron chi connectivity index (χ3n) is 2.97. The Morgan fingerprint density at radius 1 is 1.30 bits per heavy atom. The van der Waals surface area contributed by atoms with E-state index < -0.39 is 0 Å². The molecule has 6 heteroatoms. The van der Waals surface area contributed by atoms with Crippen molar-refractivity contribution in [1.29, 1.82) is 0 Å². The molecule has 1 N–H and O–H groups in total. The highest BCUT2D eigenvalue weighted by atomic mass is 16.1. The molecule has 0 aliphatic heterocycles. The number of H-pyrrole nitrogens is 1. The number of carbonyl (C=O) groups excluding carboxylic acids is 1. The zero-order valence-corrected chi connectivity index (χ0v) is 10.8. The smallest absolute Gasteiger partial charge is 0.252 e. The van der Waals surface area contributed by atoms with E-state index >= 15 is 0 Å². The Morgan fingerprint density at radius 2 is 2.05 bits per heavy atom. The summed E-state index contributed by atoms with van der Waals surface area (Å²) in [6.07, 6.45) is 0.104. The molecular formula is C14H12N4O2. The molecule has 0 saturated heterocycles. The van der Waals surface area contributed by atoms with E-state index in [0.29, 0.717) is 22.9 Å². The fraction of sp³-hybridized carbons (Fsp3) is 0.143. The summed E-state index contributed by atoms with van der Waals surface area (Å²) in [5, 5.41) is 4.23. The highest BCUT2D eigenvalue weighted by Gasteiger charge is 2.12. The van der Waals surface area contributed by atoms with Gasteiger partial charge in [-0.15, -0.1) is 5.10 Å². The first-order valence-electron chi connectivity index (χ1n) is 6.17. The van der Waals surface area contributed by atoms with Gasteiger partial charge in [0.25, 0.3) is 5.56 Å². The van der Waals surface area contributed by atoms with E-state index in [1.807, 2.05) is 18.2 Å². The van der Waals surface area contributed by atoms with Crippen molar-refractivity contribution in [3.63, 3.8) is 0 Å². The number of rotatable bonds is 3. The number of hydrogen-bond acceptors (Lipinski definition) is 4. The predicted octanol–water partition coefficient (Wildman–Crippen LogP) is 1.15. The number of benzene rings is 1. The molecule has 0 aliphatic carbocycles. The SMILES string of the molecule is Cc1cc(=O)[nH]c2nc(CC(=O)c3ccccc3)nn12. The van der Waals surface area contributed by atoms with Gasteiger partial charge in [0, 0.05) is 17.3 Å². The van der Waals surface area contributed by atoms with Crippen LogP contribution in [0.2, 0.25) is 0 Å². The van der Waals surface area contributed by atoms with Gasteiger partial charge in [0.15, 0.2) is 11.6 Å². The zero-order valence-electron chi connectivity index (χ0n) is 10.8. The van der Waals surface area contributed by atoms with Gasteiger partial charge in [0.05, 0.1) is 6.42 Å². The van der Waals surface area contributed by atoms with Crippen molar-refractivity contribution in [1.82, 2.24) is 19.6 Å². The van der Waals surface area contributed by atoms with Crippen molar-refractivity contribution in [2.75, 3.05) is 0 Å². The molecule has 0 atom stereocenters. The van der Waals surface area contributed by atoms with Gasteiger partial charge >= 0.3 is 0 Å². The molecule has 20 heavy (non-hydrogen) atoms. The van der Waals surface area contributed by atoms with E-state index in [9.17, 15) is 9.59 Å². The standard InChI is InChI=1S/C14H12N4O2/c1-9-7-13(20)16-14-15-12(17-18(9)14)8-11(19)10-5-3-2-4-6-10/h2-7H,8H2,1H3,(H,15,16,17,20). The fourth-order valence-electron chi connectivity index (χ4n) is 2.02. The van der Waals surface area contributed by atoms with Gasteiger partial charge in [0.2, 0.25) is 5.78 Å². The first kappa shape index (κ1) is 12.3. The second-order valence-electron chi connectivity index (χ2n) is 4.50. The summed E-state index contributed by atoms with van der Waals surface area (Å²) >= 11 is 0. The molecule has 100 valence electrons. The average molecular weight is 268 g/mol. The second kappa shape index (κ2) is 4.73. The maximum atomic E-state index is 12.1. The summed E-state index contributed by atoms with van der Waals surface area (Å²) in [5.74, 6) is 0.691. The highest BCUT2D eigenvalue weighted by molar-refractivity contribution is 5.97. The van der Waals surface area contributed by atoms with E-state index in [-0.39, 0.29) is 17.8 Å². The van der Waals surface area contributed by atoms with Crippen LogP contribution in [0.1, 0.15) is 21.9 Å². The number of fused-ring (bicyclic) bond motifs is 1. The summed E-state index contributed by atoms with van der Waals surface area (Å²) in [5.41, 5.74) is 1.06. The maximum Gasteiger partial charge on any atom is 0.252 e. The van der Waals surface area contributed by atoms with Crippen LogP contribution < -0.4 is 5.56 Å². The lowest BCUT2D eigenvalue weighted by Gasteiger charge is -1.96. The van der Waals surface area contributed by atoms with Crippen molar-refractivity contribution < 1.29 is 4.79 Å². The summed E-state index contributed by atoms with van der Waals surface area (Å²) in [7, 11) is 0. The fourth-order valence-corrected chi connectivity index (χ4v) is 2.02. The Hall–Kier alpha value is -2.76. The van der Waals surface area contributed by atoms with Gasteiger partial charge in [-0.3, -0.25) is 14.6 Å². The number of nitrogens with zero attached hydrogens (tertiary/aromatic N) is 3. The third kappa shape index (κ3) is 2.23. The Bertz CT molecular complexity index is 833. The molecule has 0 aliphatic rings. The molecular weight excluding hydrogens is 256 g/mol. The zero-order chi connectivity index (χ0) is 14.1. The van der Waals surface area contributed by atoms with Crippen LogP contribution in [-0.4, -0.2) is 25.4 Å². The Morgan fingerprint density at radius 3 is 2.80 bits per heavy atom. The largest absolute Gasteiger partial charge is 0.294 e. The number of aromatic amines is 1. The Kier molecular flexibility index (Phi) is 2.90. The van der Waals surface area contributed by atoms with Gasteiger partial charge in [-0.05, 0) is 6.92 Å². The maximum absolute atomic E-state index is 12.1. The molecule has 0 amide bonds. The van der Waals surface area contributed by atoms with Gasteiger partial charge in [-0.25, -0.2) is 4.52 Å². The minimum absolute atomic E-state index is 0.0542. The quantitative estimate of drug-likeness (QED) is 0.723. The molecule has 1 aromatic carbocycles. The lowest BCUT2D eigenvalue weighted by molar-refractivity contribution is 0.0991. The molecule has 2 heterocycles. The first-order chi connectivity index (χ1) is 9.63. The van der Waals surface area contributed by atoms with E-state index in [4.69, 9.17) is 0 Å². The first-order valence-corrected chi connectivity index (χ1v) is 6.17. The van der Waals surface area contributed by atoms with Crippen LogP contribution >= 0.6 is 0 Å². The van der Waals surface area contributed by atoms with Crippen molar-refractivity contribution in [3.05, 3.63) is 63.8 Å². The van der Waals surface area contributed by atoms with Crippen LogP contribution in [0.4, 0.5) is 0 Å². The average Bonchev–Trinajstić information content (AvgIpc) is 2.82. The van der Waals surface area contributed by atoms with Crippen LogP contribution in [0.5, 0.6) is 0 Å². The minimum atomic E-state index is -0.233. The molecule has 0 fully saturated rings. The molecule has 0 saturated carbocycles. The molecule has 2 aromatic heterocycles. The van der Waals surface area contributed by atoms with Gasteiger partial charge < -0.3 is 0 Å². The molecule has 3 aromatic rings. The molecule has 3 rings (SSSR count). The van der Waals surface area contributed by atoms with Crippen LogP contribution in [-0.2, 0) is 6.42 Å². The van der Waals surface area contributed by atoms with Crippen molar-refractivity contribution in [2.45, 2.75) is 13.3 Å². The summed E-state index contributed by atoms with van der Waals surface area (Å²) in [6.45, 7) is 1.76. The van der Waals surface area contributed by atoms with Crippen LogP contribution in [0, 0.1) is 6.92 Å². The van der Waals surface area contributed by atoms with Crippen LogP contribution in [0.3, 0.4) is 0 Å². The van der Waals surface area contributed by atoms with Crippen molar-refractivity contribution >= 4 is 11.6 Å². The van der Waals surface area contributed by atoms with E-state index in [1.54, 1.807) is 19.1 Å². The minimum Gasteiger partial charge on any atom is -0.294 e. The second-order valence-corrected chi connectivity index (χ2v) is 4.50. The van der Waals surface area contributed by atoms with Crippen LogP contribution in [0.25, 0.3) is 5.78 Å². The van der Waals surface area contributed by atoms with Gasteiger partial charge in [0.1, 0.15) is 0 Å². The van der Waals surface area contributed by atoms with E-state index in [1.165, 1.54) is 10.6 Å². The number of ketones is 1. The summed E-state index contributed by atoms with van der Waals surface area (Å²) in [6, 6.07) is 10.4. The topological polar surface area (TPSA) is 80.1 Å². The van der Waals surface area contributed by atoms with Crippen LogP contribution in [0.15, 0.2) is 41.2 Å². The Labute approximate surface area is 114 Å². The number of hydrogen-bond donors (Lipinski definition) is 1. The Balaban J connectivity index is 1.94. The summed E-state index contributed by atoms with van der Waals surface area (Å²) < 4.78 is 1.52.